The molecule has 2 N–H and O–H groups in total. The third-order valence-corrected chi connectivity index (χ3v) is 4.93. The summed E-state index contributed by atoms with van der Waals surface area (Å²) in [7, 11) is 0. The van der Waals surface area contributed by atoms with E-state index < -0.39 is 5.91 Å². The number of carbonyl (C=O) groups excluding carboxylic acids is 2. The van der Waals surface area contributed by atoms with Gasteiger partial charge in [-0.25, -0.2) is 0 Å². The van der Waals surface area contributed by atoms with Crippen molar-refractivity contribution in [3.8, 4) is 0 Å². The van der Waals surface area contributed by atoms with Gasteiger partial charge in [0.05, 0.1) is 5.57 Å². The molecule has 0 aliphatic carbocycles. The monoisotopic (exact) mass is 381 g/mol. The van der Waals surface area contributed by atoms with Crippen molar-refractivity contribution < 1.29 is 14.3 Å². The van der Waals surface area contributed by atoms with E-state index in [1.807, 2.05) is 6.92 Å². The predicted molar refractivity (Wildman–Crippen MR) is 113 cm³/mol. The van der Waals surface area contributed by atoms with Crippen LogP contribution in [0.3, 0.4) is 0 Å². The van der Waals surface area contributed by atoms with Gasteiger partial charge in [0, 0.05) is 6.42 Å². The molecular weight excluding hydrogens is 338 g/mol. The molecule has 0 aromatic heterocycles. The molecule has 0 atom stereocenters. The molecule has 1 amide bonds. The summed E-state index contributed by atoms with van der Waals surface area (Å²) in [4.78, 5) is 23.0. The van der Waals surface area contributed by atoms with E-state index in [4.69, 9.17) is 10.5 Å². The number of unbranched alkanes of at least 4 members (excludes halogenated alkanes) is 13. The highest BCUT2D eigenvalue weighted by atomic mass is 16.5. The topological polar surface area (TPSA) is 69.4 Å². The zero-order chi connectivity index (χ0) is 20.2. The van der Waals surface area contributed by atoms with E-state index in [2.05, 4.69) is 6.92 Å². The van der Waals surface area contributed by atoms with Crippen LogP contribution < -0.4 is 5.73 Å². The van der Waals surface area contributed by atoms with Gasteiger partial charge < -0.3 is 10.5 Å². The first-order valence-electron chi connectivity index (χ1n) is 11.3. The van der Waals surface area contributed by atoms with Gasteiger partial charge in [0.2, 0.25) is 5.91 Å². The Bertz CT molecular complexity index is 404. The van der Waals surface area contributed by atoms with Crippen LogP contribution in [0.15, 0.2) is 11.8 Å². The minimum atomic E-state index is -0.503. The predicted octanol–water partition coefficient (Wildman–Crippen LogP) is 6.57. The van der Waals surface area contributed by atoms with E-state index in [-0.39, 0.29) is 5.97 Å². The van der Waals surface area contributed by atoms with Crippen molar-refractivity contribution in [1.82, 2.24) is 0 Å². The zero-order valence-electron chi connectivity index (χ0n) is 17.9. The summed E-state index contributed by atoms with van der Waals surface area (Å²) < 4.78 is 5.07. The molecule has 158 valence electrons. The van der Waals surface area contributed by atoms with Gasteiger partial charge >= 0.3 is 5.97 Å². The molecule has 0 bridgehead atoms. The highest BCUT2D eigenvalue weighted by Crippen LogP contribution is 2.13. The van der Waals surface area contributed by atoms with Gasteiger partial charge in [0.25, 0.3) is 0 Å². The Labute approximate surface area is 167 Å². The van der Waals surface area contributed by atoms with Crippen molar-refractivity contribution in [2.45, 2.75) is 123 Å². The normalized spacial score (nSPS) is 11.6. The van der Waals surface area contributed by atoms with Crippen LogP contribution in [-0.4, -0.2) is 11.9 Å². The molecule has 4 nitrogen and oxygen atoms in total. The maximum atomic E-state index is 11.7. The summed E-state index contributed by atoms with van der Waals surface area (Å²) in [5.41, 5.74) is 5.69. The minimum absolute atomic E-state index is 0.270. The van der Waals surface area contributed by atoms with Crippen LogP contribution in [-0.2, 0) is 14.3 Å². The molecule has 0 aliphatic heterocycles. The second-order valence-corrected chi connectivity index (χ2v) is 7.59. The van der Waals surface area contributed by atoms with Crippen LogP contribution in [0.25, 0.3) is 0 Å². The van der Waals surface area contributed by atoms with Crippen molar-refractivity contribution in [2.75, 3.05) is 0 Å². The molecule has 0 aromatic rings. The van der Waals surface area contributed by atoms with Crippen molar-refractivity contribution in [1.29, 1.82) is 0 Å². The third kappa shape index (κ3) is 17.8. The number of primary amides is 1. The van der Waals surface area contributed by atoms with Crippen LogP contribution in [0, 0.1) is 0 Å². The molecule has 0 rings (SSSR count). The molecule has 4 heteroatoms. The quantitative estimate of drug-likeness (QED) is 0.119. The van der Waals surface area contributed by atoms with Gasteiger partial charge in [-0.2, -0.15) is 0 Å². The van der Waals surface area contributed by atoms with E-state index in [9.17, 15) is 9.59 Å². The Morgan fingerprint density at radius 1 is 0.667 bits per heavy atom. The van der Waals surface area contributed by atoms with Gasteiger partial charge in [-0.15, -0.1) is 0 Å². The fraction of sp³-hybridized carbons (Fsp3) is 0.826. The number of hydrogen-bond donors (Lipinski definition) is 1. The van der Waals surface area contributed by atoms with E-state index >= 15 is 0 Å². The zero-order valence-corrected chi connectivity index (χ0v) is 17.9. The Morgan fingerprint density at radius 3 is 1.56 bits per heavy atom. The maximum absolute atomic E-state index is 11.7. The molecule has 0 heterocycles. The van der Waals surface area contributed by atoms with Gasteiger partial charge in [0.1, 0.15) is 6.26 Å². The van der Waals surface area contributed by atoms with Crippen molar-refractivity contribution in [3.05, 3.63) is 11.8 Å². The first kappa shape index (κ1) is 25.7. The van der Waals surface area contributed by atoms with E-state index in [1.165, 1.54) is 76.9 Å². The number of esters is 1. The van der Waals surface area contributed by atoms with Gasteiger partial charge in [0.15, 0.2) is 0 Å². The largest absolute Gasteiger partial charge is 0.434 e. The van der Waals surface area contributed by atoms with Gasteiger partial charge in [-0.3, -0.25) is 9.59 Å². The number of amides is 1. The molecule has 0 unspecified atom stereocenters. The van der Waals surface area contributed by atoms with E-state index in [0.29, 0.717) is 18.4 Å². The summed E-state index contributed by atoms with van der Waals surface area (Å²) in [5, 5.41) is 0. The van der Waals surface area contributed by atoms with Crippen LogP contribution in [0.1, 0.15) is 123 Å². The molecule has 0 saturated carbocycles. The molecule has 0 saturated heterocycles. The molecule has 0 fully saturated rings. The molecule has 0 aromatic carbocycles. The lowest BCUT2D eigenvalue weighted by Crippen LogP contribution is -2.15. The average molecular weight is 382 g/mol. The maximum Gasteiger partial charge on any atom is 0.310 e. The van der Waals surface area contributed by atoms with Crippen molar-refractivity contribution in [2.24, 2.45) is 5.73 Å². The Balaban J connectivity index is 3.51. The summed E-state index contributed by atoms with van der Waals surface area (Å²) in [6.07, 6.45) is 20.7. The molecular formula is C23H43NO3. The number of ether oxygens (including phenoxy) is 1. The third-order valence-electron chi connectivity index (χ3n) is 4.93. The van der Waals surface area contributed by atoms with Gasteiger partial charge in [-0.1, -0.05) is 97.3 Å². The lowest BCUT2D eigenvalue weighted by Gasteiger charge is -2.04. The van der Waals surface area contributed by atoms with Crippen molar-refractivity contribution in [3.63, 3.8) is 0 Å². The van der Waals surface area contributed by atoms with Crippen LogP contribution in [0.5, 0.6) is 0 Å². The summed E-state index contributed by atoms with van der Waals surface area (Å²) in [6.45, 7) is 4.30. The van der Waals surface area contributed by atoms with Crippen LogP contribution >= 0.6 is 0 Å². The number of nitrogens with two attached hydrogens (primary N) is 1. The number of carbonyl (C=O) groups is 2. The molecule has 0 spiro atoms. The average Bonchev–Trinajstić information content (AvgIpc) is 2.65. The molecule has 0 radical (unpaired) electrons. The fourth-order valence-electron chi connectivity index (χ4n) is 3.09. The highest BCUT2D eigenvalue weighted by Gasteiger charge is 2.07. The summed E-state index contributed by atoms with van der Waals surface area (Å²) in [6, 6.07) is 0. The number of rotatable bonds is 19. The first-order chi connectivity index (χ1) is 13.1. The molecule has 0 aliphatic rings. The Kier molecular flexibility index (Phi) is 18.5. The number of hydrogen-bond acceptors (Lipinski definition) is 3. The SMILES string of the molecule is CCCCCCCCCCCCCCCC(=O)O/C=C(\CCCC)C(N)=O. The van der Waals surface area contributed by atoms with Gasteiger partial charge in [-0.05, 0) is 19.3 Å². The Hall–Kier alpha value is -1.32. The lowest BCUT2D eigenvalue weighted by molar-refractivity contribution is -0.138. The highest BCUT2D eigenvalue weighted by molar-refractivity contribution is 5.91. The van der Waals surface area contributed by atoms with Crippen LogP contribution in [0.4, 0.5) is 0 Å². The fourth-order valence-corrected chi connectivity index (χ4v) is 3.09. The second-order valence-electron chi connectivity index (χ2n) is 7.59. The van der Waals surface area contributed by atoms with E-state index in [1.54, 1.807) is 0 Å². The van der Waals surface area contributed by atoms with Crippen molar-refractivity contribution >= 4 is 11.9 Å². The first-order valence-corrected chi connectivity index (χ1v) is 11.3. The standard InChI is InChI=1S/C23H43NO3/c1-3-5-7-8-9-10-11-12-13-14-15-16-17-19-22(25)27-20-21(23(24)26)18-6-4-2/h20H,3-19H2,1-2H3,(H2,24,26)/b21-20+. The second kappa shape index (κ2) is 19.4. The lowest BCUT2D eigenvalue weighted by atomic mass is 10.0. The summed E-state index contributed by atoms with van der Waals surface area (Å²) in [5.74, 6) is -0.773. The minimum Gasteiger partial charge on any atom is -0.434 e. The molecule has 27 heavy (non-hydrogen) atoms. The van der Waals surface area contributed by atoms with Crippen LogP contribution in [0.2, 0.25) is 0 Å². The van der Waals surface area contributed by atoms with E-state index in [0.717, 1.165) is 25.7 Å². The summed E-state index contributed by atoms with van der Waals surface area (Å²) >= 11 is 0. The smallest absolute Gasteiger partial charge is 0.310 e. The Morgan fingerprint density at radius 2 is 1.11 bits per heavy atom.